The highest BCUT2D eigenvalue weighted by atomic mass is 127. The van der Waals surface area contributed by atoms with Crippen LogP contribution in [0.5, 0.6) is 0 Å². The van der Waals surface area contributed by atoms with Gasteiger partial charge >= 0.3 is 0 Å². The van der Waals surface area contributed by atoms with Gasteiger partial charge in [0, 0.05) is 37.0 Å². The SMILES string of the molecule is CCNC(=NCC(C)(C)c1cccc(F)c1)NC1CCN(C(=O)C(C)C)CC1.I. The molecule has 29 heavy (non-hydrogen) atoms. The number of benzene rings is 1. The molecule has 2 N–H and O–H groups in total. The van der Waals surface area contributed by atoms with Crippen molar-refractivity contribution in [3.05, 3.63) is 35.6 Å². The summed E-state index contributed by atoms with van der Waals surface area (Å²) in [5.74, 6) is 0.840. The van der Waals surface area contributed by atoms with E-state index in [0.717, 1.165) is 44.0 Å². The number of carbonyl (C=O) groups excluding carboxylic acids is 1. The van der Waals surface area contributed by atoms with Crippen LogP contribution in [0, 0.1) is 11.7 Å². The van der Waals surface area contributed by atoms with Gasteiger partial charge in [-0.05, 0) is 37.5 Å². The largest absolute Gasteiger partial charge is 0.357 e. The lowest BCUT2D eigenvalue weighted by Gasteiger charge is -2.34. The van der Waals surface area contributed by atoms with E-state index in [1.54, 1.807) is 12.1 Å². The van der Waals surface area contributed by atoms with E-state index in [-0.39, 0.29) is 47.0 Å². The molecule has 1 heterocycles. The quantitative estimate of drug-likeness (QED) is 0.341. The summed E-state index contributed by atoms with van der Waals surface area (Å²) in [6.07, 6.45) is 1.83. The number of amides is 1. The number of hydrogen-bond donors (Lipinski definition) is 2. The molecule has 0 spiro atoms. The summed E-state index contributed by atoms with van der Waals surface area (Å²) in [6.45, 7) is 13.0. The van der Waals surface area contributed by atoms with Gasteiger partial charge in [-0.3, -0.25) is 9.79 Å². The van der Waals surface area contributed by atoms with E-state index in [2.05, 4.69) is 24.5 Å². The monoisotopic (exact) mass is 518 g/mol. The fourth-order valence-corrected chi connectivity index (χ4v) is 3.40. The summed E-state index contributed by atoms with van der Waals surface area (Å²) in [5.41, 5.74) is 0.671. The summed E-state index contributed by atoms with van der Waals surface area (Å²) >= 11 is 0. The highest BCUT2D eigenvalue weighted by Crippen LogP contribution is 2.24. The first-order valence-corrected chi connectivity index (χ1v) is 10.3. The van der Waals surface area contributed by atoms with Crippen molar-refractivity contribution in [3.8, 4) is 0 Å². The van der Waals surface area contributed by atoms with Crippen LogP contribution >= 0.6 is 24.0 Å². The van der Waals surface area contributed by atoms with Crippen molar-refractivity contribution in [1.29, 1.82) is 0 Å². The third kappa shape index (κ3) is 7.75. The normalized spacial score (nSPS) is 15.8. The molecule has 1 fully saturated rings. The number of aliphatic imine (C=N–C) groups is 1. The van der Waals surface area contributed by atoms with Crippen LogP contribution in [0.2, 0.25) is 0 Å². The number of nitrogens with one attached hydrogen (secondary N) is 2. The fraction of sp³-hybridized carbons (Fsp3) is 0.636. The zero-order valence-electron chi connectivity index (χ0n) is 18.3. The van der Waals surface area contributed by atoms with Crippen molar-refractivity contribution in [3.63, 3.8) is 0 Å². The lowest BCUT2D eigenvalue weighted by Crippen LogP contribution is -2.50. The Labute approximate surface area is 191 Å². The number of hydrogen-bond acceptors (Lipinski definition) is 2. The maximum absolute atomic E-state index is 13.6. The molecule has 0 bridgehead atoms. The minimum absolute atomic E-state index is 0. The molecule has 0 saturated carbocycles. The van der Waals surface area contributed by atoms with Crippen LogP contribution < -0.4 is 10.6 Å². The predicted molar refractivity (Wildman–Crippen MR) is 128 cm³/mol. The van der Waals surface area contributed by atoms with E-state index < -0.39 is 0 Å². The summed E-state index contributed by atoms with van der Waals surface area (Å²) < 4.78 is 13.6. The summed E-state index contributed by atoms with van der Waals surface area (Å²) in [5, 5.41) is 6.81. The van der Waals surface area contributed by atoms with Crippen molar-refractivity contribution < 1.29 is 9.18 Å². The molecule has 1 aliphatic rings. The molecule has 2 rings (SSSR count). The van der Waals surface area contributed by atoms with Crippen LogP contribution in [0.25, 0.3) is 0 Å². The molecular formula is C22H36FIN4O. The molecule has 1 aromatic carbocycles. The van der Waals surface area contributed by atoms with Gasteiger partial charge in [-0.15, -0.1) is 24.0 Å². The number of nitrogens with zero attached hydrogens (tertiary/aromatic N) is 2. The molecule has 1 saturated heterocycles. The average Bonchev–Trinajstić information content (AvgIpc) is 2.66. The molecule has 0 aliphatic carbocycles. The Bertz CT molecular complexity index is 685. The van der Waals surface area contributed by atoms with Crippen molar-refractivity contribution in [2.75, 3.05) is 26.2 Å². The zero-order valence-corrected chi connectivity index (χ0v) is 20.6. The second-order valence-electron chi connectivity index (χ2n) is 8.49. The number of halogens is 2. The Morgan fingerprint density at radius 2 is 1.97 bits per heavy atom. The Hall–Kier alpha value is -1.38. The van der Waals surface area contributed by atoms with Crippen LogP contribution in [-0.2, 0) is 10.2 Å². The molecule has 5 nitrogen and oxygen atoms in total. The van der Waals surface area contributed by atoms with E-state index in [1.165, 1.54) is 6.07 Å². The number of carbonyl (C=O) groups is 1. The summed E-state index contributed by atoms with van der Waals surface area (Å²) in [4.78, 5) is 18.9. The number of piperidine rings is 1. The van der Waals surface area contributed by atoms with Crippen LogP contribution in [-0.4, -0.2) is 49.0 Å². The average molecular weight is 518 g/mol. The molecule has 1 aromatic rings. The molecule has 7 heteroatoms. The molecular weight excluding hydrogens is 482 g/mol. The molecule has 0 aromatic heterocycles. The number of rotatable bonds is 6. The van der Waals surface area contributed by atoms with Gasteiger partial charge in [-0.2, -0.15) is 0 Å². The minimum atomic E-state index is -0.266. The van der Waals surface area contributed by atoms with Gasteiger partial charge < -0.3 is 15.5 Å². The highest BCUT2D eigenvalue weighted by Gasteiger charge is 2.25. The Kier molecular flexibility index (Phi) is 10.4. The lowest BCUT2D eigenvalue weighted by molar-refractivity contribution is -0.135. The lowest BCUT2D eigenvalue weighted by atomic mass is 9.85. The Balaban J connectivity index is 0.00000420. The maximum Gasteiger partial charge on any atom is 0.225 e. The van der Waals surface area contributed by atoms with Crippen LogP contribution in [0.1, 0.15) is 53.0 Å². The van der Waals surface area contributed by atoms with Gasteiger partial charge in [0.1, 0.15) is 5.82 Å². The Morgan fingerprint density at radius 1 is 1.31 bits per heavy atom. The van der Waals surface area contributed by atoms with E-state index in [1.807, 2.05) is 31.7 Å². The molecule has 0 radical (unpaired) electrons. The van der Waals surface area contributed by atoms with Gasteiger partial charge in [-0.25, -0.2) is 4.39 Å². The first kappa shape index (κ1) is 25.7. The van der Waals surface area contributed by atoms with Gasteiger partial charge in [-0.1, -0.05) is 39.8 Å². The maximum atomic E-state index is 13.6. The van der Waals surface area contributed by atoms with Gasteiger partial charge in [0.25, 0.3) is 0 Å². The predicted octanol–water partition coefficient (Wildman–Crippen LogP) is 3.92. The van der Waals surface area contributed by atoms with Crippen LogP contribution in [0.3, 0.4) is 0 Å². The van der Waals surface area contributed by atoms with Crippen molar-refractivity contribution in [1.82, 2.24) is 15.5 Å². The minimum Gasteiger partial charge on any atom is -0.357 e. The standard InChI is InChI=1S/C22H35FN4O.HI/c1-6-24-21(25-15-22(4,5)17-8-7-9-18(23)14-17)26-19-10-12-27(13-11-19)20(28)16(2)3;/h7-9,14,16,19H,6,10-13,15H2,1-5H3,(H2,24,25,26);1H. The van der Waals surface area contributed by atoms with E-state index in [9.17, 15) is 9.18 Å². The van der Waals surface area contributed by atoms with Crippen LogP contribution in [0.4, 0.5) is 4.39 Å². The van der Waals surface area contributed by atoms with Gasteiger partial charge in [0.05, 0.1) is 6.54 Å². The second kappa shape index (κ2) is 11.7. The first-order chi connectivity index (χ1) is 13.2. The van der Waals surface area contributed by atoms with Crippen molar-refractivity contribution in [2.24, 2.45) is 10.9 Å². The smallest absolute Gasteiger partial charge is 0.225 e. The molecule has 1 amide bonds. The number of likely N-dealkylation sites (tertiary alicyclic amines) is 1. The molecule has 1 aliphatic heterocycles. The third-order valence-electron chi connectivity index (χ3n) is 5.22. The van der Waals surface area contributed by atoms with Crippen molar-refractivity contribution >= 4 is 35.8 Å². The van der Waals surface area contributed by atoms with Gasteiger partial charge in [0.15, 0.2) is 5.96 Å². The third-order valence-corrected chi connectivity index (χ3v) is 5.22. The first-order valence-electron chi connectivity index (χ1n) is 10.3. The number of guanidine groups is 1. The second-order valence-corrected chi connectivity index (χ2v) is 8.49. The summed E-state index contributed by atoms with van der Waals surface area (Å²) in [6, 6.07) is 7.03. The van der Waals surface area contributed by atoms with Crippen LogP contribution in [0.15, 0.2) is 29.3 Å². The fourth-order valence-electron chi connectivity index (χ4n) is 3.40. The van der Waals surface area contributed by atoms with E-state index >= 15 is 0 Å². The molecule has 0 unspecified atom stereocenters. The highest BCUT2D eigenvalue weighted by molar-refractivity contribution is 14.0. The zero-order chi connectivity index (χ0) is 20.7. The van der Waals surface area contributed by atoms with E-state index in [4.69, 9.17) is 4.99 Å². The summed E-state index contributed by atoms with van der Waals surface area (Å²) in [7, 11) is 0. The van der Waals surface area contributed by atoms with Gasteiger partial charge in [0.2, 0.25) is 5.91 Å². The van der Waals surface area contributed by atoms with E-state index in [0.29, 0.717) is 12.6 Å². The topological polar surface area (TPSA) is 56.7 Å². The Morgan fingerprint density at radius 3 is 2.52 bits per heavy atom. The van der Waals surface area contributed by atoms with Crippen molar-refractivity contribution in [2.45, 2.75) is 58.9 Å². The molecule has 0 atom stereocenters. The molecule has 164 valence electrons.